The highest BCUT2D eigenvalue weighted by atomic mass is 19.1. The maximum atomic E-state index is 13.7. The van der Waals surface area contributed by atoms with Gasteiger partial charge in [0.1, 0.15) is 0 Å². The van der Waals surface area contributed by atoms with Crippen LogP contribution in [0.2, 0.25) is 0 Å². The van der Waals surface area contributed by atoms with Gasteiger partial charge >= 0.3 is 0 Å². The summed E-state index contributed by atoms with van der Waals surface area (Å²) in [6.45, 7) is 2.05. The van der Waals surface area contributed by atoms with E-state index in [0.29, 0.717) is 19.4 Å². The predicted octanol–water partition coefficient (Wildman–Crippen LogP) is 2.26. The number of halogens is 1. The summed E-state index contributed by atoms with van der Waals surface area (Å²) in [7, 11) is 0. The van der Waals surface area contributed by atoms with Crippen LogP contribution in [0.25, 0.3) is 0 Å². The summed E-state index contributed by atoms with van der Waals surface area (Å²) in [4.78, 5) is 12.2. The zero-order valence-corrected chi connectivity index (χ0v) is 11.6. The van der Waals surface area contributed by atoms with Crippen molar-refractivity contribution >= 4 is 5.91 Å². The fraction of sp³-hybridized carbons (Fsp3) is 0.533. The van der Waals surface area contributed by atoms with E-state index in [4.69, 9.17) is 4.74 Å². The molecule has 1 fully saturated rings. The number of hydrogen-bond donors (Lipinski definition) is 2. The summed E-state index contributed by atoms with van der Waals surface area (Å²) in [5, 5.41) is 12.3. The van der Waals surface area contributed by atoms with Crippen LogP contribution in [0.1, 0.15) is 43.0 Å². The molecule has 1 aromatic rings. The van der Waals surface area contributed by atoms with Gasteiger partial charge in [-0.1, -0.05) is 6.07 Å². The van der Waals surface area contributed by atoms with Crippen molar-refractivity contribution in [3.63, 3.8) is 0 Å². The summed E-state index contributed by atoms with van der Waals surface area (Å²) >= 11 is 0. The molecule has 0 aromatic heterocycles. The van der Waals surface area contributed by atoms with Crippen molar-refractivity contribution in [1.29, 1.82) is 0 Å². The summed E-state index contributed by atoms with van der Waals surface area (Å²) < 4.78 is 18.9. The van der Waals surface area contributed by atoms with Crippen LogP contribution in [0.15, 0.2) is 18.2 Å². The maximum absolute atomic E-state index is 13.7. The van der Waals surface area contributed by atoms with Crippen LogP contribution in [0.5, 0.6) is 5.75 Å². The monoisotopic (exact) mass is 281 g/mol. The molecule has 0 unspecified atom stereocenters. The van der Waals surface area contributed by atoms with Crippen LogP contribution in [-0.2, 0) is 0 Å². The third kappa shape index (κ3) is 3.48. The Hall–Kier alpha value is -1.62. The topological polar surface area (TPSA) is 58.6 Å². The first kappa shape index (κ1) is 14.8. The molecule has 1 amide bonds. The molecule has 0 bridgehead atoms. The van der Waals surface area contributed by atoms with E-state index in [1.54, 1.807) is 13.0 Å². The SMILES string of the molecule is CCOc1c(F)cccc1C(=O)NC1CCC(O)CC1. The highest BCUT2D eigenvalue weighted by molar-refractivity contribution is 5.97. The van der Waals surface area contributed by atoms with Crippen LogP contribution >= 0.6 is 0 Å². The van der Waals surface area contributed by atoms with E-state index >= 15 is 0 Å². The second kappa shape index (κ2) is 6.70. The molecule has 2 N–H and O–H groups in total. The number of nitrogens with one attached hydrogen (secondary N) is 1. The number of amides is 1. The van der Waals surface area contributed by atoms with Gasteiger partial charge in [0.05, 0.1) is 18.3 Å². The van der Waals surface area contributed by atoms with Crippen LogP contribution < -0.4 is 10.1 Å². The van der Waals surface area contributed by atoms with Crippen molar-refractivity contribution in [2.24, 2.45) is 0 Å². The summed E-state index contributed by atoms with van der Waals surface area (Å²) in [5.41, 5.74) is 0.220. The lowest BCUT2D eigenvalue weighted by atomic mass is 9.93. The van der Waals surface area contributed by atoms with Gasteiger partial charge in [-0.2, -0.15) is 0 Å². The lowest BCUT2D eigenvalue weighted by molar-refractivity contribution is 0.0863. The molecule has 1 aromatic carbocycles. The first-order valence-corrected chi connectivity index (χ1v) is 7.02. The Bertz CT molecular complexity index is 470. The molecular weight excluding hydrogens is 261 g/mol. The van der Waals surface area contributed by atoms with Gasteiger partial charge < -0.3 is 15.2 Å². The zero-order valence-electron chi connectivity index (χ0n) is 11.6. The second-order valence-corrected chi connectivity index (χ2v) is 5.03. The zero-order chi connectivity index (χ0) is 14.5. The largest absolute Gasteiger partial charge is 0.490 e. The molecule has 2 rings (SSSR count). The normalized spacial score (nSPS) is 22.4. The molecule has 5 heteroatoms. The Balaban J connectivity index is 2.07. The number of benzene rings is 1. The van der Waals surface area contributed by atoms with Crippen molar-refractivity contribution in [3.8, 4) is 5.75 Å². The van der Waals surface area contributed by atoms with Gasteiger partial charge in [-0.3, -0.25) is 4.79 Å². The fourth-order valence-electron chi connectivity index (χ4n) is 2.46. The molecule has 110 valence electrons. The van der Waals surface area contributed by atoms with E-state index in [2.05, 4.69) is 5.32 Å². The molecule has 0 saturated heterocycles. The number of rotatable bonds is 4. The molecule has 1 saturated carbocycles. The van der Waals surface area contributed by atoms with Crippen molar-refractivity contribution in [2.45, 2.75) is 44.8 Å². The van der Waals surface area contributed by atoms with Gasteiger partial charge in [0, 0.05) is 6.04 Å². The fourth-order valence-corrected chi connectivity index (χ4v) is 2.46. The van der Waals surface area contributed by atoms with Gasteiger partial charge in [-0.25, -0.2) is 4.39 Å². The second-order valence-electron chi connectivity index (χ2n) is 5.03. The highest BCUT2D eigenvalue weighted by Gasteiger charge is 2.23. The van der Waals surface area contributed by atoms with E-state index in [1.807, 2.05) is 0 Å². The summed E-state index contributed by atoms with van der Waals surface area (Å²) in [6.07, 6.45) is 2.59. The van der Waals surface area contributed by atoms with E-state index in [1.165, 1.54) is 12.1 Å². The summed E-state index contributed by atoms with van der Waals surface area (Å²) in [6, 6.07) is 4.36. The molecule has 1 aliphatic rings. The number of hydrogen-bond acceptors (Lipinski definition) is 3. The van der Waals surface area contributed by atoms with E-state index in [-0.39, 0.29) is 29.4 Å². The predicted molar refractivity (Wildman–Crippen MR) is 73.3 cm³/mol. The van der Waals surface area contributed by atoms with E-state index in [9.17, 15) is 14.3 Å². The lowest BCUT2D eigenvalue weighted by Crippen LogP contribution is -2.38. The van der Waals surface area contributed by atoms with Gasteiger partial charge in [-0.05, 0) is 44.7 Å². The number of ether oxygens (including phenoxy) is 1. The Morgan fingerprint density at radius 1 is 1.40 bits per heavy atom. The summed E-state index contributed by atoms with van der Waals surface area (Å²) in [5.74, 6) is -0.851. The number of para-hydroxylation sites is 1. The number of carbonyl (C=O) groups excluding carboxylic acids is 1. The quantitative estimate of drug-likeness (QED) is 0.890. The molecule has 0 atom stereocenters. The Morgan fingerprint density at radius 2 is 2.10 bits per heavy atom. The Morgan fingerprint density at radius 3 is 2.75 bits per heavy atom. The minimum absolute atomic E-state index is 0.00310. The van der Waals surface area contributed by atoms with Crippen molar-refractivity contribution < 1.29 is 19.0 Å². The van der Waals surface area contributed by atoms with Crippen LogP contribution in [0.4, 0.5) is 4.39 Å². The molecule has 0 aliphatic heterocycles. The first-order valence-electron chi connectivity index (χ1n) is 7.02. The van der Waals surface area contributed by atoms with E-state index in [0.717, 1.165) is 12.8 Å². The van der Waals surface area contributed by atoms with Crippen molar-refractivity contribution in [2.75, 3.05) is 6.61 Å². The average Bonchev–Trinajstić information content (AvgIpc) is 2.43. The third-order valence-corrected chi connectivity index (χ3v) is 3.53. The minimum Gasteiger partial charge on any atom is -0.490 e. The van der Waals surface area contributed by atoms with E-state index < -0.39 is 5.82 Å². The average molecular weight is 281 g/mol. The molecule has 1 aliphatic carbocycles. The maximum Gasteiger partial charge on any atom is 0.255 e. The number of aliphatic hydroxyl groups is 1. The number of aliphatic hydroxyl groups excluding tert-OH is 1. The van der Waals surface area contributed by atoms with Crippen molar-refractivity contribution in [1.82, 2.24) is 5.32 Å². The van der Waals surface area contributed by atoms with Gasteiger partial charge in [-0.15, -0.1) is 0 Å². The van der Waals surface area contributed by atoms with Gasteiger partial charge in [0.2, 0.25) is 0 Å². The highest BCUT2D eigenvalue weighted by Crippen LogP contribution is 2.24. The third-order valence-electron chi connectivity index (χ3n) is 3.53. The van der Waals surface area contributed by atoms with Gasteiger partial charge in [0.15, 0.2) is 11.6 Å². The van der Waals surface area contributed by atoms with Crippen LogP contribution in [-0.4, -0.2) is 29.8 Å². The lowest BCUT2D eigenvalue weighted by Gasteiger charge is -2.26. The Labute approximate surface area is 117 Å². The van der Waals surface area contributed by atoms with Crippen LogP contribution in [0.3, 0.4) is 0 Å². The van der Waals surface area contributed by atoms with Gasteiger partial charge in [0.25, 0.3) is 5.91 Å². The molecule has 0 radical (unpaired) electrons. The first-order chi connectivity index (χ1) is 9.61. The molecule has 0 spiro atoms. The molecule has 0 heterocycles. The smallest absolute Gasteiger partial charge is 0.255 e. The van der Waals surface area contributed by atoms with Crippen LogP contribution in [0, 0.1) is 5.82 Å². The Kier molecular flexibility index (Phi) is 4.95. The standard InChI is InChI=1S/C15H20FNO3/c1-2-20-14-12(4-3-5-13(14)16)15(19)17-10-6-8-11(18)9-7-10/h3-5,10-11,18H,2,6-9H2,1H3,(H,17,19). The number of carbonyl (C=O) groups is 1. The minimum atomic E-state index is -0.529. The molecule has 4 nitrogen and oxygen atoms in total. The van der Waals surface area contributed by atoms with Crippen molar-refractivity contribution in [3.05, 3.63) is 29.6 Å². The molecular formula is C15H20FNO3. The molecule has 20 heavy (non-hydrogen) atoms.